The zero-order valence-electron chi connectivity index (χ0n) is 12.0. The molecule has 0 fully saturated rings. The van der Waals surface area contributed by atoms with Gasteiger partial charge in [0.15, 0.2) is 0 Å². The summed E-state index contributed by atoms with van der Waals surface area (Å²) in [7, 11) is 0. The fourth-order valence-electron chi connectivity index (χ4n) is 3.55. The van der Waals surface area contributed by atoms with Crippen molar-refractivity contribution in [3.63, 3.8) is 0 Å². The highest BCUT2D eigenvalue weighted by molar-refractivity contribution is 6.18. The molecule has 1 atom stereocenters. The number of fused-ring (bicyclic) bond motifs is 1. The van der Waals surface area contributed by atoms with Gasteiger partial charge in [-0.05, 0) is 54.9 Å². The number of hydrogen-bond donors (Lipinski definition) is 0. The van der Waals surface area contributed by atoms with Crippen LogP contribution in [0, 0.1) is 6.92 Å². The molecule has 0 radical (unpaired) electrons. The summed E-state index contributed by atoms with van der Waals surface area (Å²) in [4.78, 5) is 0. The van der Waals surface area contributed by atoms with Crippen LogP contribution < -0.4 is 0 Å². The highest BCUT2D eigenvalue weighted by atomic mass is 35.5. The second kappa shape index (κ2) is 5.61. The van der Waals surface area contributed by atoms with E-state index >= 15 is 0 Å². The van der Waals surface area contributed by atoms with E-state index in [1.54, 1.807) is 0 Å². The highest BCUT2D eigenvalue weighted by Crippen LogP contribution is 2.41. The van der Waals surface area contributed by atoms with Crippen LogP contribution in [-0.2, 0) is 18.3 Å². The lowest BCUT2D eigenvalue weighted by molar-refractivity contribution is 0.396. The molecule has 0 bridgehead atoms. The van der Waals surface area contributed by atoms with Crippen molar-refractivity contribution < 1.29 is 0 Å². The smallest absolute Gasteiger partial charge is 0.0323 e. The molecule has 0 heterocycles. The SMILES string of the molecule is Cc1ccccc1CC1(CCl)CCCc2ccccc21. The van der Waals surface area contributed by atoms with Crippen molar-refractivity contribution in [2.45, 2.75) is 38.0 Å². The number of alkyl halides is 1. The first-order valence-electron chi connectivity index (χ1n) is 7.44. The molecule has 0 aromatic heterocycles. The van der Waals surface area contributed by atoms with E-state index in [9.17, 15) is 0 Å². The Morgan fingerprint density at radius 1 is 1.05 bits per heavy atom. The molecule has 1 heteroatoms. The molecule has 0 spiro atoms. The fraction of sp³-hybridized carbons (Fsp3) is 0.368. The average molecular weight is 285 g/mol. The van der Waals surface area contributed by atoms with Gasteiger partial charge in [0.05, 0.1) is 0 Å². The van der Waals surface area contributed by atoms with E-state index < -0.39 is 0 Å². The van der Waals surface area contributed by atoms with Crippen molar-refractivity contribution >= 4 is 11.6 Å². The predicted octanol–water partition coefficient (Wildman–Crippen LogP) is 5.05. The molecular weight excluding hydrogens is 264 g/mol. The van der Waals surface area contributed by atoms with Gasteiger partial charge in [-0.25, -0.2) is 0 Å². The van der Waals surface area contributed by atoms with E-state index in [1.807, 2.05) is 0 Å². The van der Waals surface area contributed by atoms with Crippen molar-refractivity contribution in [3.05, 3.63) is 70.8 Å². The Morgan fingerprint density at radius 2 is 1.80 bits per heavy atom. The topological polar surface area (TPSA) is 0 Å². The van der Waals surface area contributed by atoms with Crippen LogP contribution in [0.2, 0.25) is 0 Å². The summed E-state index contributed by atoms with van der Waals surface area (Å²) in [5.41, 5.74) is 5.89. The van der Waals surface area contributed by atoms with Gasteiger partial charge in [0.2, 0.25) is 0 Å². The minimum atomic E-state index is 0.114. The van der Waals surface area contributed by atoms with Gasteiger partial charge in [-0.2, -0.15) is 0 Å². The maximum Gasteiger partial charge on any atom is 0.0323 e. The molecule has 3 rings (SSSR count). The molecule has 2 aromatic rings. The minimum Gasteiger partial charge on any atom is -0.126 e. The summed E-state index contributed by atoms with van der Waals surface area (Å²) in [5.74, 6) is 0.707. The maximum atomic E-state index is 6.47. The van der Waals surface area contributed by atoms with Crippen LogP contribution in [-0.4, -0.2) is 5.88 Å². The van der Waals surface area contributed by atoms with Crippen LogP contribution in [0.5, 0.6) is 0 Å². The first-order valence-corrected chi connectivity index (χ1v) is 7.97. The number of hydrogen-bond acceptors (Lipinski definition) is 0. The Balaban J connectivity index is 2.03. The third kappa shape index (κ3) is 2.38. The summed E-state index contributed by atoms with van der Waals surface area (Å²) in [6.45, 7) is 2.20. The highest BCUT2D eigenvalue weighted by Gasteiger charge is 2.35. The lowest BCUT2D eigenvalue weighted by Gasteiger charge is -2.38. The van der Waals surface area contributed by atoms with E-state index in [0.29, 0.717) is 5.88 Å². The van der Waals surface area contributed by atoms with Crippen LogP contribution in [0.15, 0.2) is 48.5 Å². The Labute approximate surface area is 126 Å². The van der Waals surface area contributed by atoms with Crippen molar-refractivity contribution in [2.24, 2.45) is 0 Å². The zero-order chi connectivity index (χ0) is 14.0. The zero-order valence-corrected chi connectivity index (χ0v) is 12.8. The predicted molar refractivity (Wildman–Crippen MR) is 86.7 cm³/mol. The standard InChI is InChI=1S/C19H21Cl/c1-15-7-2-3-9-17(15)13-19(14-20)12-6-10-16-8-4-5-11-18(16)19/h2-5,7-9,11H,6,10,12-14H2,1H3. The van der Waals surface area contributed by atoms with Crippen molar-refractivity contribution in [1.29, 1.82) is 0 Å². The average Bonchev–Trinajstić information content (AvgIpc) is 2.50. The van der Waals surface area contributed by atoms with Gasteiger partial charge in [-0.1, -0.05) is 48.5 Å². The largest absolute Gasteiger partial charge is 0.126 e. The molecule has 1 aliphatic rings. The Morgan fingerprint density at radius 3 is 2.60 bits per heavy atom. The Bertz CT molecular complexity index is 602. The normalized spacial score (nSPS) is 21.5. The third-order valence-corrected chi connectivity index (χ3v) is 5.25. The van der Waals surface area contributed by atoms with Gasteiger partial charge in [-0.3, -0.25) is 0 Å². The Kier molecular flexibility index (Phi) is 3.85. The van der Waals surface area contributed by atoms with Gasteiger partial charge in [0.25, 0.3) is 0 Å². The molecule has 2 aromatic carbocycles. The molecule has 0 amide bonds. The van der Waals surface area contributed by atoms with E-state index in [-0.39, 0.29) is 5.41 Å². The summed E-state index contributed by atoms with van der Waals surface area (Å²) in [5, 5.41) is 0. The maximum absolute atomic E-state index is 6.47. The first-order chi connectivity index (χ1) is 9.75. The third-order valence-electron chi connectivity index (χ3n) is 4.74. The summed E-state index contributed by atoms with van der Waals surface area (Å²) < 4.78 is 0. The minimum absolute atomic E-state index is 0.114. The summed E-state index contributed by atoms with van der Waals surface area (Å²) >= 11 is 6.47. The van der Waals surface area contributed by atoms with E-state index in [1.165, 1.54) is 41.5 Å². The van der Waals surface area contributed by atoms with Gasteiger partial charge in [-0.15, -0.1) is 11.6 Å². The van der Waals surface area contributed by atoms with Crippen LogP contribution in [0.4, 0.5) is 0 Å². The second-order valence-corrected chi connectivity index (χ2v) is 6.30. The summed E-state index contributed by atoms with van der Waals surface area (Å²) in [6, 6.07) is 17.6. The van der Waals surface area contributed by atoms with Crippen LogP contribution in [0.3, 0.4) is 0 Å². The number of aryl methyl sites for hydroxylation is 2. The van der Waals surface area contributed by atoms with Crippen molar-refractivity contribution in [3.8, 4) is 0 Å². The lowest BCUT2D eigenvalue weighted by Crippen LogP contribution is -2.35. The van der Waals surface area contributed by atoms with Gasteiger partial charge in [0.1, 0.15) is 0 Å². The van der Waals surface area contributed by atoms with Gasteiger partial charge in [0, 0.05) is 11.3 Å². The molecule has 104 valence electrons. The van der Waals surface area contributed by atoms with Crippen LogP contribution >= 0.6 is 11.6 Å². The molecule has 1 unspecified atom stereocenters. The molecule has 0 N–H and O–H groups in total. The van der Waals surface area contributed by atoms with E-state index in [0.717, 1.165) is 6.42 Å². The number of rotatable bonds is 3. The van der Waals surface area contributed by atoms with Gasteiger partial charge < -0.3 is 0 Å². The van der Waals surface area contributed by atoms with E-state index in [4.69, 9.17) is 11.6 Å². The van der Waals surface area contributed by atoms with E-state index in [2.05, 4.69) is 55.5 Å². The van der Waals surface area contributed by atoms with Crippen LogP contribution in [0.25, 0.3) is 0 Å². The summed E-state index contributed by atoms with van der Waals surface area (Å²) in [6.07, 6.45) is 4.69. The van der Waals surface area contributed by atoms with Gasteiger partial charge >= 0.3 is 0 Å². The molecule has 0 aliphatic heterocycles. The molecule has 0 saturated heterocycles. The Hall–Kier alpha value is -1.27. The lowest BCUT2D eigenvalue weighted by atomic mass is 9.67. The van der Waals surface area contributed by atoms with Crippen LogP contribution in [0.1, 0.15) is 35.1 Å². The number of benzene rings is 2. The first kappa shape index (κ1) is 13.7. The van der Waals surface area contributed by atoms with Crippen molar-refractivity contribution in [2.75, 3.05) is 5.88 Å². The monoisotopic (exact) mass is 284 g/mol. The molecule has 20 heavy (non-hydrogen) atoms. The second-order valence-electron chi connectivity index (χ2n) is 6.03. The molecular formula is C19H21Cl. The van der Waals surface area contributed by atoms with Crippen molar-refractivity contribution in [1.82, 2.24) is 0 Å². The molecule has 0 saturated carbocycles. The molecule has 0 nitrogen and oxygen atoms in total. The molecule has 1 aliphatic carbocycles. The number of halogens is 1. The quantitative estimate of drug-likeness (QED) is 0.692. The fourth-order valence-corrected chi connectivity index (χ4v) is 3.92.